The van der Waals surface area contributed by atoms with Crippen LogP contribution < -0.4 is 15.8 Å². The van der Waals surface area contributed by atoms with Crippen molar-refractivity contribution in [3.8, 4) is 5.75 Å². The van der Waals surface area contributed by atoms with E-state index in [2.05, 4.69) is 15.3 Å². The van der Waals surface area contributed by atoms with Gasteiger partial charge in [0.05, 0.1) is 12.7 Å². The minimum atomic E-state index is -1.73. The standard InChI is InChI=1S/C25H31N5O13/c1-12(31)39-18-19(40-13(2)32)21(41-14(3)33)24(43-20(18)23(35)37-4)42-17-7-6-15(11-38-25(26)36)10-16(17)22(34)28-8-5-9-29-30-27/h6-7,10,18-21,24H,5,8-9,11H2,1-4H3,(H2,26,36)(H,28,34)/t18-,19-,20-,21+,24+/m0/s1. The monoisotopic (exact) mass is 609 g/mol. The molecule has 0 aliphatic carbocycles. The fourth-order valence-corrected chi connectivity index (χ4v) is 3.89. The number of methoxy groups -OCH3 is 1. The number of carbonyl (C=O) groups is 6. The molecule has 0 spiro atoms. The van der Waals surface area contributed by atoms with Gasteiger partial charge in [0.15, 0.2) is 18.3 Å². The van der Waals surface area contributed by atoms with E-state index in [0.29, 0.717) is 12.0 Å². The van der Waals surface area contributed by atoms with E-state index in [-0.39, 0.29) is 31.0 Å². The summed E-state index contributed by atoms with van der Waals surface area (Å²) in [6.07, 6.45) is -9.07. The Balaban J connectivity index is 2.56. The van der Waals surface area contributed by atoms with Crippen molar-refractivity contribution in [1.82, 2.24) is 5.32 Å². The van der Waals surface area contributed by atoms with Crippen LogP contribution in [0.4, 0.5) is 4.79 Å². The Morgan fingerprint density at radius 1 is 1.00 bits per heavy atom. The molecule has 1 saturated heterocycles. The molecule has 0 bridgehead atoms. The van der Waals surface area contributed by atoms with Crippen molar-refractivity contribution >= 4 is 35.9 Å². The fraction of sp³-hybridized carbons (Fsp3) is 0.520. The maximum atomic E-state index is 13.1. The van der Waals surface area contributed by atoms with Gasteiger partial charge in [-0.2, -0.15) is 0 Å². The van der Waals surface area contributed by atoms with E-state index in [1.807, 2.05) is 0 Å². The average molecular weight is 610 g/mol. The topological polar surface area (TPSA) is 254 Å². The number of hydrogen-bond acceptors (Lipinski definition) is 14. The van der Waals surface area contributed by atoms with E-state index in [1.165, 1.54) is 18.2 Å². The summed E-state index contributed by atoms with van der Waals surface area (Å²) in [6, 6.07) is 4.03. The van der Waals surface area contributed by atoms with Crippen LogP contribution in [0.5, 0.6) is 5.75 Å². The van der Waals surface area contributed by atoms with Crippen LogP contribution in [0.2, 0.25) is 0 Å². The Bertz CT molecular complexity index is 1270. The number of hydrogen-bond donors (Lipinski definition) is 2. The van der Waals surface area contributed by atoms with Crippen molar-refractivity contribution in [3.63, 3.8) is 0 Å². The lowest BCUT2D eigenvalue weighted by atomic mass is 9.97. The smallest absolute Gasteiger partial charge is 0.404 e. The Labute approximate surface area is 244 Å². The SMILES string of the molecule is COC(=O)[C@H]1O[C@@H](Oc2ccc(COC(N)=O)cc2C(=O)NCCCN=[N+]=[N-])[C@H](OC(C)=O)[C@@H](OC(C)=O)[C@@H]1OC(C)=O. The number of azide groups is 1. The lowest BCUT2D eigenvalue weighted by Crippen LogP contribution is -2.64. The highest BCUT2D eigenvalue weighted by atomic mass is 16.7. The molecule has 0 aromatic heterocycles. The van der Waals surface area contributed by atoms with E-state index in [9.17, 15) is 28.8 Å². The molecule has 18 heteroatoms. The Kier molecular flexibility index (Phi) is 13.0. The van der Waals surface area contributed by atoms with Crippen LogP contribution >= 0.6 is 0 Å². The van der Waals surface area contributed by atoms with Crippen molar-refractivity contribution in [2.24, 2.45) is 10.8 Å². The van der Waals surface area contributed by atoms with Gasteiger partial charge in [0, 0.05) is 38.8 Å². The zero-order valence-electron chi connectivity index (χ0n) is 23.7. The number of primary amides is 1. The van der Waals surface area contributed by atoms with E-state index in [1.54, 1.807) is 0 Å². The van der Waals surface area contributed by atoms with Crippen molar-refractivity contribution in [3.05, 3.63) is 39.8 Å². The van der Waals surface area contributed by atoms with Crippen molar-refractivity contribution in [1.29, 1.82) is 0 Å². The van der Waals surface area contributed by atoms with Gasteiger partial charge in [0.2, 0.25) is 12.4 Å². The maximum absolute atomic E-state index is 13.1. The number of rotatable bonds is 13. The second-order valence-corrected chi connectivity index (χ2v) is 8.79. The molecule has 1 aromatic rings. The molecule has 1 aromatic carbocycles. The molecule has 1 aliphatic rings. The molecule has 234 valence electrons. The molecule has 0 saturated carbocycles. The van der Waals surface area contributed by atoms with Crippen LogP contribution in [0, 0.1) is 0 Å². The number of esters is 4. The third kappa shape index (κ3) is 10.4. The molecule has 43 heavy (non-hydrogen) atoms. The van der Waals surface area contributed by atoms with Crippen molar-refractivity contribution in [2.75, 3.05) is 20.2 Å². The van der Waals surface area contributed by atoms with Crippen molar-refractivity contribution < 1.29 is 61.9 Å². The van der Waals surface area contributed by atoms with E-state index < -0.39 is 66.6 Å². The van der Waals surface area contributed by atoms with Gasteiger partial charge in [0.1, 0.15) is 12.4 Å². The molecule has 3 N–H and O–H groups in total. The molecule has 18 nitrogen and oxygen atoms in total. The van der Waals surface area contributed by atoms with Gasteiger partial charge in [-0.05, 0) is 29.6 Å². The Morgan fingerprint density at radius 3 is 2.21 bits per heavy atom. The Morgan fingerprint density at radius 2 is 1.63 bits per heavy atom. The number of amides is 2. The first kappa shape index (κ1) is 34.1. The molecule has 5 atom stereocenters. The van der Waals surface area contributed by atoms with E-state index in [0.717, 1.165) is 27.9 Å². The van der Waals surface area contributed by atoms with Crippen LogP contribution in [0.15, 0.2) is 23.3 Å². The highest BCUT2D eigenvalue weighted by molar-refractivity contribution is 5.97. The number of nitrogens with two attached hydrogens (primary N) is 1. The van der Waals surface area contributed by atoms with Gasteiger partial charge < -0.3 is 44.2 Å². The van der Waals surface area contributed by atoms with Crippen LogP contribution in [0.25, 0.3) is 10.4 Å². The summed E-state index contributed by atoms with van der Waals surface area (Å²) in [4.78, 5) is 75.5. The summed E-state index contributed by atoms with van der Waals surface area (Å²) in [5, 5.41) is 5.99. The largest absolute Gasteiger partial charge is 0.467 e. The van der Waals surface area contributed by atoms with Gasteiger partial charge in [-0.15, -0.1) is 0 Å². The Hall–Kier alpha value is -5.09. The predicted molar refractivity (Wildman–Crippen MR) is 140 cm³/mol. The summed E-state index contributed by atoms with van der Waals surface area (Å²) < 4.78 is 37.1. The fourth-order valence-electron chi connectivity index (χ4n) is 3.89. The van der Waals surface area contributed by atoms with E-state index >= 15 is 0 Å². The van der Waals surface area contributed by atoms with Gasteiger partial charge in [-0.25, -0.2) is 9.59 Å². The molecule has 0 radical (unpaired) electrons. The van der Waals surface area contributed by atoms with Crippen LogP contribution in [-0.4, -0.2) is 86.8 Å². The molecule has 2 amide bonds. The number of benzene rings is 1. The van der Waals surface area contributed by atoms with Crippen molar-refractivity contribution in [2.45, 2.75) is 64.5 Å². The van der Waals surface area contributed by atoms with Gasteiger partial charge in [0.25, 0.3) is 5.91 Å². The number of nitrogens with one attached hydrogen (secondary N) is 1. The molecular weight excluding hydrogens is 578 g/mol. The molecule has 1 fully saturated rings. The lowest BCUT2D eigenvalue weighted by molar-refractivity contribution is -0.282. The van der Waals surface area contributed by atoms with Gasteiger partial charge >= 0.3 is 30.0 Å². The molecule has 1 aliphatic heterocycles. The zero-order chi connectivity index (χ0) is 32.1. The number of carbonyl (C=O) groups excluding carboxylic acids is 6. The molecular formula is C25H31N5O13. The first-order chi connectivity index (χ1) is 20.4. The predicted octanol–water partition coefficient (Wildman–Crippen LogP) is 0.784. The van der Waals surface area contributed by atoms with Crippen LogP contribution in [0.3, 0.4) is 0 Å². The first-order valence-corrected chi connectivity index (χ1v) is 12.6. The maximum Gasteiger partial charge on any atom is 0.404 e. The lowest BCUT2D eigenvalue weighted by Gasteiger charge is -2.43. The van der Waals surface area contributed by atoms with Crippen LogP contribution in [-0.2, 0) is 54.2 Å². The summed E-state index contributed by atoms with van der Waals surface area (Å²) in [6.45, 7) is 3.01. The third-order valence-corrected chi connectivity index (χ3v) is 5.53. The van der Waals surface area contributed by atoms with E-state index in [4.69, 9.17) is 44.4 Å². The molecule has 1 heterocycles. The van der Waals surface area contributed by atoms with Crippen LogP contribution in [0.1, 0.15) is 43.1 Å². The summed E-state index contributed by atoms with van der Waals surface area (Å²) in [7, 11) is 1.03. The normalized spacial score (nSPS) is 20.8. The highest BCUT2D eigenvalue weighted by Crippen LogP contribution is 2.32. The second-order valence-electron chi connectivity index (χ2n) is 8.79. The number of nitrogens with zero attached hydrogens (tertiary/aromatic N) is 3. The van der Waals surface area contributed by atoms with Gasteiger partial charge in [-0.3, -0.25) is 19.2 Å². The quantitative estimate of drug-likeness (QED) is 0.0784. The highest BCUT2D eigenvalue weighted by Gasteiger charge is 2.56. The summed E-state index contributed by atoms with van der Waals surface area (Å²) >= 11 is 0. The molecule has 0 unspecified atom stereocenters. The minimum Gasteiger partial charge on any atom is -0.467 e. The third-order valence-electron chi connectivity index (χ3n) is 5.53. The first-order valence-electron chi connectivity index (χ1n) is 12.6. The number of ether oxygens (including phenoxy) is 7. The van der Waals surface area contributed by atoms with Gasteiger partial charge in [-0.1, -0.05) is 11.2 Å². The molecule has 2 rings (SSSR count). The zero-order valence-corrected chi connectivity index (χ0v) is 23.7. The second kappa shape index (κ2) is 16.4. The average Bonchev–Trinajstić information content (AvgIpc) is 2.93. The summed E-state index contributed by atoms with van der Waals surface area (Å²) in [5.41, 5.74) is 13.6. The minimum absolute atomic E-state index is 0.0955. The summed E-state index contributed by atoms with van der Waals surface area (Å²) in [5.74, 6) is -4.55.